The van der Waals surface area contributed by atoms with Crippen molar-refractivity contribution in [1.82, 2.24) is 10.6 Å². The number of carbonyl (C=O) groups excluding carboxylic acids is 5. The zero-order valence-electron chi connectivity index (χ0n) is 17.9. The number of amides is 5. The Hall–Kier alpha value is -3.63. The molecule has 5 amide bonds. The number of rotatable bonds is 11. The summed E-state index contributed by atoms with van der Waals surface area (Å²) in [6.45, 7) is 1.65. The first kappa shape index (κ1) is 24.6. The quantitative estimate of drug-likeness (QED) is 0.184. The van der Waals surface area contributed by atoms with Crippen molar-refractivity contribution in [3.63, 3.8) is 0 Å². The molecule has 0 unspecified atom stereocenters. The van der Waals surface area contributed by atoms with E-state index >= 15 is 0 Å². The van der Waals surface area contributed by atoms with Crippen molar-refractivity contribution >= 4 is 35.4 Å². The van der Waals surface area contributed by atoms with Crippen LogP contribution in [0.3, 0.4) is 0 Å². The molecule has 1 saturated carbocycles. The zero-order valence-corrected chi connectivity index (χ0v) is 17.9. The smallest absolute Gasteiger partial charge is 0.312 e. The maximum absolute atomic E-state index is 12.9. The minimum atomic E-state index is -1.29. The summed E-state index contributed by atoms with van der Waals surface area (Å²) in [5.41, 5.74) is 10.4. The van der Waals surface area contributed by atoms with Gasteiger partial charge in [0.15, 0.2) is 0 Å². The predicted octanol–water partition coefficient (Wildman–Crippen LogP) is 0.277. The molecule has 1 aromatic carbocycles. The monoisotopic (exact) mass is 447 g/mol. The number of benzene rings is 1. The number of esters is 1. The summed E-state index contributed by atoms with van der Waals surface area (Å²) in [5, 5.41) is 7.78. The molecule has 0 spiro atoms. The molecule has 1 aromatic rings. The summed E-state index contributed by atoms with van der Waals surface area (Å²) >= 11 is 0. The van der Waals surface area contributed by atoms with Gasteiger partial charge in [0, 0.05) is 19.2 Å². The van der Waals surface area contributed by atoms with Gasteiger partial charge in [0.25, 0.3) is 0 Å². The van der Waals surface area contributed by atoms with Gasteiger partial charge in [-0.3, -0.25) is 19.2 Å². The first-order chi connectivity index (χ1) is 15.1. The van der Waals surface area contributed by atoms with E-state index in [1.807, 2.05) is 0 Å². The molecule has 11 heteroatoms. The van der Waals surface area contributed by atoms with Crippen molar-refractivity contribution in [1.29, 1.82) is 0 Å². The van der Waals surface area contributed by atoms with E-state index in [9.17, 15) is 24.0 Å². The van der Waals surface area contributed by atoms with E-state index in [0.29, 0.717) is 31.4 Å². The molecular formula is C21H29N5O6. The third kappa shape index (κ3) is 6.69. The molecule has 2 rings (SSSR count). The molecule has 0 bridgehead atoms. The van der Waals surface area contributed by atoms with E-state index in [0.717, 1.165) is 5.56 Å². The molecule has 0 aliphatic heterocycles. The van der Waals surface area contributed by atoms with E-state index in [1.54, 1.807) is 24.3 Å². The Morgan fingerprint density at radius 1 is 1.09 bits per heavy atom. The van der Waals surface area contributed by atoms with Crippen LogP contribution in [0.25, 0.3) is 0 Å². The molecule has 1 fully saturated rings. The van der Waals surface area contributed by atoms with Crippen LogP contribution in [0.4, 0.5) is 10.5 Å². The number of primary amides is 2. The van der Waals surface area contributed by atoms with Gasteiger partial charge in [-0.2, -0.15) is 0 Å². The average molecular weight is 447 g/mol. The molecule has 0 aromatic heterocycles. The van der Waals surface area contributed by atoms with Gasteiger partial charge in [0.2, 0.25) is 17.7 Å². The lowest BCUT2D eigenvalue weighted by molar-refractivity contribution is -0.149. The molecule has 1 aliphatic carbocycles. The Morgan fingerprint density at radius 2 is 1.75 bits per heavy atom. The molecule has 174 valence electrons. The van der Waals surface area contributed by atoms with Crippen molar-refractivity contribution in [3.8, 4) is 0 Å². The molecule has 7 N–H and O–H groups in total. The minimum absolute atomic E-state index is 0.115. The Balaban J connectivity index is 2.04. The number of urea groups is 1. The van der Waals surface area contributed by atoms with E-state index in [-0.39, 0.29) is 19.6 Å². The second-order valence-electron chi connectivity index (χ2n) is 7.73. The van der Waals surface area contributed by atoms with Crippen molar-refractivity contribution < 1.29 is 28.7 Å². The van der Waals surface area contributed by atoms with Gasteiger partial charge in [-0.25, -0.2) is 4.79 Å². The third-order valence-electron chi connectivity index (χ3n) is 5.37. The Labute approximate surface area is 185 Å². The molecule has 0 heterocycles. The fourth-order valence-electron chi connectivity index (χ4n) is 3.30. The predicted molar refractivity (Wildman–Crippen MR) is 115 cm³/mol. The lowest BCUT2D eigenvalue weighted by Crippen LogP contribution is -2.57. The standard InChI is InChI=1S/C21H29N5O6/c1-13(27)32-12-14-5-7-15(8-6-14)25-17(28)16(4-2-11-24-20(23)31)26-19(30)21(18(22)29)9-3-10-21/h5-8,16H,2-4,9-12H2,1H3,(H2,22,29)(H,25,28)(H,26,30)(H3,23,24,31)/t16-/m0/s1. The largest absolute Gasteiger partial charge is 0.461 e. The molecule has 1 atom stereocenters. The number of nitrogens with one attached hydrogen (secondary N) is 3. The van der Waals surface area contributed by atoms with Gasteiger partial charge in [0.05, 0.1) is 0 Å². The summed E-state index contributed by atoms with van der Waals surface area (Å²) in [7, 11) is 0. The number of hydrogen-bond donors (Lipinski definition) is 5. The topological polar surface area (TPSA) is 183 Å². The van der Waals surface area contributed by atoms with Gasteiger partial charge in [0.1, 0.15) is 18.1 Å². The first-order valence-corrected chi connectivity index (χ1v) is 10.3. The Morgan fingerprint density at radius 3 is 2.25 bits per heavy atom. The number of hydrogen-bond acceptors (Lipinski definition) is 6. The van der Waals surface area contributed by atoms with Crippen LogP contribution in [0.15, 0.2) is 24.3 Å². The lowest BCUT2D eigenvalue weighted by Gasteiger charge is -2.38. The normalized spacial score (nSPS) is 14.9. The second kappa shape index (κ2) is 11.1. The maximum Gasteiger partial charge on any atom is 0.312 e. The van der Waals surface area contributed by atoms with Crippen LogP contribution in [-0.2, 0) is 30.5 Å². The molecule has 0 radical (unpaired) electrons. The Bertz CT molecular complexity index is 866. The molecule has 1 aliphatic rings. The highest BCUT2D eigenvalue weighted by Gasteiger charge is 2.50. The van der Waals surface area contributed by atoms with E-state index in [1.165, 1.54) is 6.92 Å². The van der Waals surface area contributed by atoms with Crippen LogP contribution >= 0.6 is 0 Å². The molecule has 0 saturated heterocycles. The van der Waals surface area contributed by atoms with Crippen molar-refractivity contribution in [2.75, 3.05) is 11.9 Å². The minimum Gasteiger partial charge on any atom is -0.461 e. The van der Waals surface area contributed by atoms with E-state index in [4.69, 9.17) is 16.2 Å². The van der Waals surface area contributed by atoms with Crippen LogP contribution in [0.1, 0.15) is 44.6 Å². The Kier molecular flexibility index (Phi) is 8.56. The highest BCUT2D eigenvalue weighted by Crippen LogP contribution is 2.41. The molecule has 11 nitrogen and oxygen atoms in total. The summed E-state index contributed by atoms with van der Waals surface area (Å²) in [6.07, 6.45) is 1.96. The van der Waals surface area contributed by atoms with Crippen molar-refractivity contribution in [2.24, 2.45) is 16.9 Å². The number of nitrogens with two attached hydrogens (primary N) is 2. The number of carbonyl (C=O) groups is 5. The van der Waals surface area contributed by atoms with Crippen LogP contribution in [-0.4, -0.2) is 42.3 Å². The van der Waals surface area contributed by atoms with E-state index < -0.39 is 41.2 Å². The van der Waals surface area contributed by atoms with Gasteiger partial charge in [-0.15, -0.1) is 0 Å². The molecular weight excluding hydrogens is 418 g/mol. The van der Waals surface area contributed by atoms with Crippen molar-refractivity contribution in [3.05, 3.63) is 29.8 Å². The van der Waals surface area contributed by atoms with Gasteiger partial charge in [-0.05, 0) is 43.4 Å². The highest BCUT2D eigenvalue weighted by atomic mass is 16.5. The van der Waals surface area contributed by atoms with Crippen LogP contribution < -0.4 is 27.4 Å². The van der Waals surface area contributed by atoms with Gasteiger partial charge < -0.3 is 32.2 Å². The van der Waals surface area contributed by atoms with Crippen LogP contribution in [0, 0.1) is 5.41 Å². The zero-order chi connectivity index (χ0) is 23.7. The fourth-order valence-corrected chi connectivity index (χ4v) is 3.30. The second-order valence-corrected chi connectivity index (χ2v) is 7.73. The van der Waals surface area contributed by atoms with E-state index in [2.05, 4.69) is 16.0 Å². The maximum atomic E-state index is 12.9. The molecule has 32 heavy (non-hydrogen) atoms. The van der Waals surface area contributed by atoms with Crippen LogP contribution in [0.2, 0.25) is 0 Å². The van der Waals surface area contributed by atoms with Crippen molar-refractivity contribution in [2.45, 2.75) is 51.7 Å². The SMILES string of the molecule is CC(=O)OCc1ccc(NC(=O)[C@H](CCCNC(N)=O)NC(=O)C2(C(N)=O)CCC2)cc1. The summed E-state index contributed by atoms with van der Waals surface area (Å²) in [5.74, 6) is -2.16. The lowest BCUT2D eigenvalue weighted by atomic mass is 9.67. The summed E-state index contributed by atoms with van der Waals surface area (Å²) < 4.78 is 4.92. The summed E-state index contributed by atoms with van der Waals surface area (Å²) in [4.78, 5) is 59.2. The van der Waals surface area contributed by atoms with Gasteiger partial charge >= 0.3 is 12.0 Å². The fraction of sp³-hybridized carbons (Fsp3) is 0.476. The first-order valence-electron chi connectivity index (χ1n) is 10.3. The van der Waals surface area contributed by atoms with Gasteiger partial charge in [-0.1, -0.05) is 18.6 Å². The van der Waals surface area contributed by atoms with Crippen LogP contribution in [0.5, 0.6) is 0 Å². The number of anilines is 1. The average Bonchev–Trinajstić information content (AvgIpc) is 2.68. The number of ether oxygens (including phenoxy) is 1. The third-order valence-corrected chi connectivity index (χ3v) is 5.37. The summed E-state index contributed by atoms with van der Waals surface area (Å²) in [6, 6.07) is 5.03. The highest BCUT2D eigenvalue weighted by molar-refractivity contribution is 6.07.